The van der Waals surface area contributed by atoms with E-state index in [1.165, 1.54) is 6.21 Å². The van der Waals surface area contributed by atoms with Gasteiger partial charge >= 0.3 is 0 Å². The molecule has 0 aromatic carbocycles. The molecule has 0 heterocycles. The van der Waals surface area contributed by atoms with E-state index in [0.29, 0.717) is 0 Å². The highest BCUT2D eigenvalue weighted by Crippen LogP contribution is 1.85. The van der Waals surface area contributed by atoms with Gasteiger partial charge in [-0.3, -0.25) is 0 Å². The molecule has 0 saturated carbocycles. The van der Waals surface area contributed by atoms with Crippen LogP contribution >= 0.6 is 0 Å². The zero-order valence-corrected chi connectivity index (χ0v) is 4.83. The van der Waals surface area contributed by atoms with Gasteiger partial charge in [-0.15, -0.1) is 0 Å². The molecule has 44 valence electrons. The molecule has 0 unspecified atom stereocenters. The average molecular weight is 111 g/mol. The molecule has 1 N–H and O–H groups in total. The van der Waals surface area contributed by atoms with Crippen LogP contribution in [0.1, 0.15) is 6.92 Å². The van der Waals surface area contributed by atoms with Crippen LogP contribution in [0.25, 0.3) is 0 Å². The second-order valence-corrected chi connectivity index (χ2v) is 1.39. The Kier molecular flexibility index (Phi) is 3.58. The summed E-state index contributed by atoms with van der Waals surface area (Å²) in [5.41, 5.74) is 0.877. The average Bonchev–Trinajstić information content (AvgIpc) is 1.68. The molecule has 0 bridgehead atoms. The smallest absolute Gasteiger partial charge is 0.0690 e. The summed E-state index contributed by atoms with van der Waals surface area (Å²) in [5.74, 6) is 0. The highest BCUT2D eigenvalue weighted by Gasteiger charge is 1.74. The van der Waals surface area contributed by atoms with Crippen molar-refractivity contribution in [3.8, 4) is 0 Å². The summed E-state index contributed by atoms with van der Waals surface area (Å²) in [6, 6.07) is 0. The molecule has 0 aliphatic heterocycles. The van der Waals surface area contributed by atoms with Crippen molar-refractivity contribution < 1.29 is 5.21 Å². The largest absolute Gasteiger partial charge is 0.411 e. The van der Waals surface area contributed by atoms with Crippen molar-refractivity contribution in [3.05, 3.63) is 24.3 Å². The van der Waals surface area contributed by atoms with Crippen LogP contribution < -0.4 is 0 Å². The zero-order chi connectivity index (χ0) is 6.41. The molecule has 0 saturated heterocycles. The van der Waals surface area contributed by atoms with Crippen molar-refractivity contribution >= 4 is 6.21 Å². The fourth-order valence-corrected chi connectivity index (χ4v) is 0.320. The van der Waals surface area contributed by atoms with E-state index >= 15 is 0 Å². The molecule has 0 aromatic heterocycles. The Morgan fingerprint density at radius 3 is 2.75 bits per heavy atom. The van der Waals surface area contributed by atoms with E-state index in [-0.39, 0.29) is 0 Å². The first-order chi connectivity index (χ1) is 3.81. The summed E-state index contributed by atoms with van der Waals surface area (Å²) in [4.78, 5) is 0. The van der Waals surface area contributed by atoms with Crippen molar-refractivity contribution in [2.75, 3.05) is 0 Å². The lowest BCUT2D eigenvalue weighted by atomic mass is 10.3. The van der Waals surface area contributed by atoms with Gasteiger partial charge in [0.15, 0.2) is 0 Å². The van der Waals surface area contributed by atoms with Gasteiger partial charge in [-0.05, 0) is 12.5 Å². The van der Waals surface area contributed by atoms with Crippen molar-refractivity contribution in [2.24, 2.45) is 5.16 Å². The lowest BCUT2D eigenvalue weighted by Gasteiger charge is -1.80. The van der Waals surface area contributed by atoms with Crippen molar-refractivity contribution in [1.29, 1.82) is 0 Å². The third kappa shape index (κ3) is 3.15. The van der Waals surface area contributed by atoms with Gasteiger partial charge in [-0.25, -0.2) is 0 Å². The van der Waals surface area contributed by atoms with Crippen molar-refractivity contribution in [1.82, 2.24) is 0 Å². The van der Waals surface area contributed by atoms with Gasteiger partial charge in [0.05, 0.1) is 6.21 Å². The maximum Gasteiger partial charge on any atom is 0.0690 e. The third-order valence-corrected chi connectivity index (χ3v) is 0.642. The lowest BCUT2D eigenvalue weighted by molar-refractivity contribution is 0.321. The normalized spacial score (nSPS) is 12.4. The van der Waals surface area contributed by atoms with Crippen LogP contribution in [0.2, 0.25) is 0 Å². The second kappa shape index (κ2) is 4.12. The van der Waals surface area contributed by atoms with Crippen LogP contribution in [0, 0.1) is 0 Å². The van der Waals surface area contributed by atoms with Crippen molar-refractivity contribution in [3.63, 3.8) is 0 Å². The van der Waals surface area contributed by atoms with Crippen LogP contribution in [-0.2, 0) is 0 Å². The summed E-state index contributed by atoms with van der Waals surface area (Å²) in [5, 5.41) is 10.8. The van der Waals surface area contributed by atoms with Gasteiger partial charge in [-0.1, -0.05) is 23.9 Å². The molecule has 0 fully saturated rings. The van der Waals surface area contributed by atoms with E-state index in [2.05, 4.69) is 11.7 Å². The monoisotopic (exact) mass is 111 g/mol. The highest BCUT2D eigenvalue weighted by atomic mass is 16.4. The molecule has 0 amide bonds. The predicted molar refractivity (Wildman–Crippen MR) is 34.2 cm³/mol. The standard InChI is InChI=1S/C6H9NO/c1-3-4-6(2)5-7-8/h3-5,8H,1H2,2H3/b6-4+,7-5+. The number of allylic oxidation sites excluding steroid dienone is 3. The maximum atomic E-state index is 7.96. The summed E-state index contributed by atoms with van der Waals surface area (Å²) in [6.45, 7) is 5.28. The molecule has 8 heavy (non-hydrogen) atoms. The van der Waals surface area contributed by atoms with Crippen LogP contribution in [-0.4, -0.2) is 11.4 Å². The van der Waals surface area contributed by atoms with E-state index in [4.69, 9.17) is 5.21 Å². The van der Waals surface area contributed by atoms with E-state index < -0.39 is 0 Å². The number of nitrogens with zero attached hydrogens (tertiary/aromatic N) is 1. The Hall–Kier alpha value is -1.05. The molecule has 0 rings (SSSR count). The molecule has 0 aliphatic rings. The van der Waals surface area contributed by atoms with Crippen molar-refractivity contribution in [2.45, 2.75) is 6.92 Å². The topological polar surface area (TPSA) is 32.6 Å². The van der Waals surface area contributed by atoms with Gasteiger partial charge in [0.2, 0.25) is 0 Å². The fourth-order valence-electron chi connectivity index (χ4n) is 0.320. The quantitative estimate of drug-likeness (QED) is 0.249. The summed E-state index contributed by atoms with van der Waals surface area (Å²) >= 11 is 0. The Balaban J connectivity index is 3.79. The van der Waals surface area contributed by atoms with E-state index in [9.17, 15) is 0 Å². The first-order valence-corrected chi connectivity index (χ1v) is 2.28. The van der Waals surface area contributed by atoms with Gasteiger partial charge in [0, 0.05) is 0 Å². The minimum absolute atomic E-state index is 0.877. The lowest BCUT2D eigenvalue weighted by Crippen LogP contribution is -1.73. The number of oxime groups is 1. The first-order valence-electron chi connectivity index (χ1n) is 2.28. The summed E-state index contributed by atoms with van der Waals surface area (Å²) in [6.07, 6.45) is 4.73. The molecule has 0 atom stereocenters. The molecule has 0 spiro atoms. The summed E-state index contributed by atoms with van der Waals surface area (Å²) in [7, 11) is 0. The number of rotatable bonds is 2. The molecule has 2 nitrogen and oxygen atoms in total. The van der Waals surface area contributed by atoms with Gasteiger partial charge in [0.25, 0.3) is 0 Å². The SMILES string of the molecule is C=C/C=C(C)/C=N/O. The van der Waals surface area contributed by atoms with Gasteiger partial charge < -0.3 is 5.21 Å². The Bertz CT molecular complexity index is 124. The molecular weight excluding hydrogens is 102 g/mol. The number of hydrogen-bond acceptors (Lipinski definition) is 2. The molecular formula is C6H9NO. The van der Waals surface area contributed by atoms with Gasteiger partial charge in [0.1, 0.15) is 0 Å². The Morgan fingerprint density at radius 1 is 1.75 bits per heavy atom. The Morgan fingerprint density at radius 2 is 2.38 bits per heavy atom. The van der Waals surface area contributed by atoms with E-state index in [1.54, 1.807) is 12.2 Å². The minimum atomic E-state index is 0.877. The fraction of sp³-hybridized carbons (Fsp3) is 0.167. The minimum Gasteiger partial charge on any atom is -0.411 e. The third-order valence-electron chi connectivity index (χ3n) is 0.642. The van der Waals surface area contributed by atoms with Crippen LogP contribution in [0.15, 0.2) is 29.5 Å². The maximum absolute atomic E-state index is 7.96. The van der Waals surface area contributed by atoms with Crippen LogP contribution in [0.4, 0.5) is 0 Å². The van der Waals surface area contributed by atoms with Gasteiger partial charge in [-0.2, -0.15) is 0 Å². The molecule has 2 heteroatoms. The second-order valence-electron chi connectivity index (χ2n) is 1.39. The van der Waals surface area contributed by atoms with Crippen LogP contribution in [0.3, 0.4) is 0 Å². The highest BCUT2D eigenvalue weighted by molar-refractivity contribution is 5.77. The Labute approximate surface area is 48.8 Å². The first kappa shape index (κ1) is 6.95. The zero-order valence-electron chi connectivity index (χ0n) is 4.83. The predicted octanol–water partition coefficient (Wildman–Crippen LogP) is 1.58. The molecule has 0 radical (unpaired) electrons. The molecule has 0 aliphatic carbocycles. The van der Waals surface area contributed by atoms with E-state index in [0.717, 1.165) is 5.57 Å². The van der Waals surface area contributed by atoms with E-state index in [1.807, 2.05) is 6.92 Å². The molecule has 0 aromatic rings. The van der Waals surface area contributed by atoms with Crippen LogP contribution in [0.5, 0.6) is 0 Å². The summed E-state index contributed by atoms with van der Waals surface area (Å²) < 4.78 is 0. The number of hydrogen-bond donors (Lipinski definition) is 1.